The molecule has 82 valence electrons. The maximum atomic E-state index is 11.8. The molecule has 2 heteroatoms. The van der Waals surface area contributed by atoms with Crippen molar-refractivity contribution in [1.82, 2.24) is 4.98 Å². The van der Waals surface area contributed by atoms with Crippen molar-refractivity contribution in [3.05, 3.63) is 66.0 Å². The van der Waals surface area contributed by atoms with E-state index >= 15 is 0 Å². The SMILES string of the molecule is C.O=C(Cc1ccccn1)c1ccccc1. The molecule has 2 aromatic rings. The van der Waals surface area contributed by atoms with Gasteiger partial charge in [0.1, 0.15) is 0 Å². The van der Waals surface area contributed by atoms with Crippen LogP contribution < -0.4 is 0 Å². The highest BCUT2D eigenvalue weighted by atomic mass is 16.1. The minimum atomic E-state index is 0. The number of pyridine rings is 1. The zero-order chi connectivity index (χ0) is 10.5. The quantitative estimate of drug-likeness (QED) is 0.733. The standard InChI is InChI=1S/C13H11NO.CH4/c15-13(11-6-2-1-3-7-11)10-12-8-4-5-9-14-12;/h1-9H,10H2;1H4. The molecule has 0 spiro atoms. The maximum absolute atomic E-state index is 11.8. The number of benzene rings is 1. The predicted molar refractivity (Wildman–Crippen MR) is 65.4 cm³/mol. The molecule has 0 bridgehead atoms. The lowest BCUT2D eigenvalue weighted by Crippen LogP contribution is -2.04. The summed E-state index contributed by atoms with van der Waals surface area (Å²) in [5.41, 5.74) is 1.55. The predicted octanol–water partition coefficient (Wildman–Crippen LogP) is 3.14. The van der Waals surface area contributed by atoms with Gasteiger partial charge in [0.05, 0.1) is 6.42 Å². The lowest BCUT2D eigenvalue weighted by Gasteiger charge is -1.99. The molecule has 2 rings (SSSR count). The molecule has 0 aliphatic carbocycles. The third-order valence-corrected chi connectivity index (χ3v) is 2.16. The summed E-state index contributed by atoms with van der Waals surface area (Å²) < 4.78 is 0. The maximum Gasteiger partial charge on any atom is 0.168 e. The van der Waals surface area contributed by atoms with Crippen molar-refractivity contribution in [1.29, 1.82) is 0 Å². The van der Waals surface area contributed by atoms with E-state index in [1.54, 1.807) is 6.20 Å². The van der Waals surface area contributed by atoms with Crippen molar-refractivity contribution in [2.45, 2.75) is 13.8 Å². The van der Waals surface area contributed by atoms with Gasteiger partial charge in [-0.2, -0.15) is 0 Å². The summed E-state index contributed by atoms with van der Waals surface area (Å²) in [5, 5.41) is 0. The Hall–Kier alpha value is -1.96. The number of hydrogen-bond donors (Lipinski definition) is 0. The summed E-state index contributed by atoms with van der Waals surface area (Å²) in [6.07, 6.45) is 2.07. The number of carbonyl (C=O) groups excluding carboxylic acids is 1. The molecule has 0 aliphatic heterocycles. The first kappa shape index (κ1) is 12.1. The molecule has 0 unspecified atom stereocenters. The van der Waals surface area contributed by atoms with E-state index in [0.717, 1.165) is 11.3 Å². The fourth-order valence-electron chi connectivity index (χ4n) is 1.39. The second kappa shape index (κ2) is 5.81. The number of Topliss-reactive ketones (excluding diaryl/α,β-unsaturated/α-hetero) is 1. The molecule has 1 heterocycles. The van der Waals surface area contributed by atoms with Crippen LogP contribution in [0.15, 0.2) is 54.7 Å². The van der Waals surface area contributed by atoms with Crippen LogP contribution in [0.2, 0.25) is 0 Å². The van der Waals surface area contributed by atoms with E-state index in [2.05, 4.69) is 4.98 Å². The monoisotopic (exact) mass is 213 g/mol. The third-order valence-electron chi connectivity index (χ3n) is 2.16. The molecule has 0 aliphatic rings. The Bertz CT molecular complexity index is 437. The fourth-order valence-corrected chi connectivity index (χ4v) is 1.39. The highest BCUT2D eigenvalue weighted by molar-refractivity contribution is 5.97. The zero-order valence-electron chi connectivity index (χ0n) is 8.26. The Labute approximate surface area is 96.0 Å². The number of hydrogen-bond acceptors (Lipinski definition) is 2. The van der Waals surface area contributed by atoms with Gasteiger partial charge in [0, 0.05) is 17.5 Å². The molecule has 0 atom stereocenters. The second-order valence-electron chi connectivity index (χ2n) is 3.29. The van der Waals surface area contributed by atoms with Crippen molar-refractivity contribution < 1.29 is 4.79 Å². The Morgan fingerprint density at radius 2 is 1.69 bits per heavy atom. The smallest absolute Gasteiger partial charge is 0.168 e. The van der Waals surface area contributed by atoms with E-state index in [0.29, 0.717) is 6.42 Å². The van der Waals surface area contributed by atoms with Crippen molar-refractivity contribution in [3.63, 3.8) is 0 Å². The molecule has 0 radical (unpaired) electrons. The van der Waals surface area contributed by atoms with Gasteiger partial charge < -0.3 is 0 Å². The fraction of sp³-hybridized carbons (Fsp3) is 0.143. The lowest BCUT2D eigenvalue weighted by molar-refractivity contribution is 0.0992. The van der Waals surface area contributed by atoms with E-state index < -0.39 is 0 Å². The lowest BCUT2D eigenvalue weighted by atomic mass is 10.1. The van der Waals surface area contributed by atoms with Crippen LogP contribution in [-0.4, -0.2) is 10.8 Å². The summed E-state index contributed by atoms with van der Waals surface area (Å²) in [7, 11) is 0. The van der Waals surface area contributed by atoms with Gasteiger partial charge in [0.2, 0.25) is 0 Å². The number of ketones is 1. The van der Waals surface area contributed by atoms with Crippen LogP contribution >= 0.6 is 0 Å². The van der Waals surface area contributed by atoms with Crippen molar-refractivity contribution in [2.75, 3.05) is 0 Å². The topological polar surface area (TPSA) is 30.0 Å². The first-order chi connectivity index (χ1) is 7.36. The van der Waals surface area contributed by atoms with Gasteiger partial charge in [0.15, 0.2) is 5.78 Å². The number of carbonyl (C=O) groups is 1. The first-order valence-corrected chi connectivity index (χ1v) is 4.84. The minimum absolute atomic E-state index is 0. The van der Waals surface area contributed by atoms with Crippen molar-refractivity contribution in [3.8, 4) is 0 Å². The Morgan fingerprint density at radius 1 is 1.00 bits per heavy atom. The summed E-state index contributed by atoms with van der Waals surface area (Å²) in [5.74, 6) is 0.106. The Balaban J connectivity index is 0.00000128. The molecule has 0 N–H and O–H groups in total. The van der Waals surface area contributed by atoms with Crippen LogP contribution in [0.3, 0.4) is 0 Å². The molecule has 0 amide bonds. The van der Waals surface area contributed by atoms with Crippen LogP contribution in [0.5, 0.6) is 0 Å². The molecule has 16 heavy (non-hydrogen) atoms. The van der Waals surface area contributed by atoms with E-state index in [-0.39, 0.29) is 13.2 Å². The first-order valence-electron chi connectivity index (χ1n) is 4.84. The van der Waals surface area contributed by atoms with Gasteiger partial charge in [0.25, 0.3) is 0 Å². The highest BCUT2D eigenvalue weighted by Crippen LogP contribution is 2.04. The molecule has 0 saturated carbocycles. The highest BCUT2D eigenvalue weighted by Gasteiger charge is 2.06. The van der Waals surface area contributed by atoms with Crippen LogP contribution in [-0.2, 0) is 6.42 Å². The van der Waals surface area contributed by atoms with Crippen LogP contribution in [0.25, 0.3) is 0 Å². The molecule has 0 fully saturated rings. The summed E-state index contributed by atoms with van der Waals surface area (Å²) in [4.78, 5) is 15.9. The van der Waals surface area contributed by atoms with Crippen molar-refractivity contribution in [2.24, 2.45) is 0 Å². The number of aromatic nitrogens is 1. The second-order valence-corrected chi connectivity index (χ2v) is 3.29. The molecular weight excluding hydrogens is 198 g/mol. The van der Waals surface area contributed by atoms with E-state index in [9.17, 15) is 4.79 Å². The van der Waals surface area contributed by atoms with E-state index in [4.69, 9.17) is 0 Å². The summed E-state index contributed by atoms with van der Waals surface area (Å²) >= 11 is 0. The number of nitrogens with zero attached hydrogens (tertiary/aromatic N) is 1. The van der Waals surface area contributed by atoms with Crippen LogP contribution in [0.4, 0.5) is 0 Å². The van der Waals surface area contributed by atoms with Gasteiger partial charge in [-0.3, -0.25) is 9.78 Å². The molecule has 1 aromatic heterocycles. The van der Waals surface area contributed by atoms with Crippen LogP contribution in [0, 0.1) is 0 Å². The molecule has 1 aromatic carbocycles. The molecule has 0 saturated heterocycles. The summed E-state index contributed by atoms with van der Waals surface area (Å²) in [6.45, 7) is 0. The van der Waals surface area contributed by atoms with E-state index in [1.165, 1.54) is 0 Å². The van der Waals surface area contributed by atoms with E-state index in [1.807, 2.05) is 48.5 Å². The summed E-state index contributed by atoms with van der Waals surface area (Å²) in [6, 6.07) is 14.9. The van der Waals surface area contributed by atoms with Gasteiger partial charge >= 0.3 is 0 Å². The van der Waals surface area contributed by atoms with Crippen molar-refractivity contribution >= 4 is 5.78 Å². The average molecular weight is 213 g/mol. The van der Waals surface area contributed by atoms with Crippen LogP contribution in [0.1, 0.15) is 23.5 Å². The van der Waals surface area contributed by atoms with Gasteiger partial charge in [-0.05, 0) is 12.1 Å². The Morgan fingerprint density at radius 3 is 2.31 bits per heavy atom. The average Bonchev–Trinajstić information content (AvgIpc) is 2.31. The van der Waals surface area contributed by atoms with Gasteiger partial charge in [-0.15, -0.1) is 0 Å². The zero-order valence-corrected chi connectivity index (χ0v) is 8.26. The minimum Gasteiger partial charge on any atom is -0.294 e. The van der Waals surface area contributed by atoms with Gasteiger partial charge in [-0.25, -0.2) is 0 Å². The van der Waals surface area contributed by atoms with Gasteiger partial charge in [-0.1, -0.05) is 43.8 Å². The molecular formula is C14H15NO. The largest absolute Gasteiger partial charge is 0.294 e. The molecule has 2 nitrogen and oxygen atoms in total. The number of rotatable bonds is 3. The Kier molecular flexibility index (Phi) is 4.40. The third kappa shape index (κ3) is 3.02. The normalized spacial score (nSPS) is 9.25.